The van der Waals surface area contributed by atoms with Crippen LogP contribution < -0.4 is 5.73 Å². The maximum atomic E-state index is 10.2. The second kappa shape index (κ2) is 5.02. The van der Waals surface area contributed by atoms with Crippen molar-refractivity contribution in [2.24, 2.45) is 11.7 Å². The molecule has 0 spiro atoms. The molecule has 1 aromatic carbocycles. The minimum atomic E-state index is -0.390. The van der Waals surface area contributed by atoms with Gasteiger partial charge in [-0.2, -0.15) is 0 Å². The summed E-state index contributed by atoms with van der Waals surface area (Å²) in [6.07, 6.45) is 3.08. The van der Waals surface area contributed by atoms with Gasteiger partial charge in [0.2, 0.25) is 0 Å². The van der Waals surface area contributed by atoms with Gasteiger partial charge in [0.1, 0.15) is 0 Å². The van der Waals surface area contributed by atoms with Crippen molar-refractivity contribution < 1.29 is 5.11 Å². The van der Waals surface area contributed by atoms with Gasteiger partial charge in [-0.05, 0) is 35.3 Å². The van der Waals surface area contributed by atoms with Crippen LogP contribution in [-0.4, -0.2) is 11.2 Å². The van der Waals surface area contributed by atoms with Crippen molar-refractivity contribution in [2.75, 3.05) is 0 Å². The van der Waals surface area contributed by atoms with Crippen LogP contribution in [-0.2, 0) is 5.41 Å². The molecule has 0 bridgehead atoms. The third-order valence-corrected chi connectivity index (χ3v) is 4.16. The Labute approximate surface area is 110 Å². The molecule has 2 nitrogen and oxygen atoms in total. The fourth-order valence-electron chi connectivity index (χ4n) is 2.48. The molecule has 100 valence electrons. The molecular weight excluding hydrogens is 222 g/mol. The molecule has 0 saturated heterocycles. The lowest BCUT2D eigenvalue weighted by Crippen LogP contribution is -2.36. The van der Waals surface area contributed by atoms with E-state index >= 15 is 0 Å². The Balaban J connectivity index is 2.08. The summed E-state index contributed by atoms with van der Waals surface area (Å²) >= 11 is 0. The van der Waals surface area contributed by atoms with Crippen molar-refractivity contribution >= 4 is 0 Å². The summed E-state index contributed by atoms with van der Waals surface area (Å²) in [5, 5.41) is 10.2. The summed E-state index contributed by atoms with van der Waals surface area (Å²) in [5.41, 5.74) is 8.67. The maximum Gasteiger partial charge on any atom is 0.0760 e. The first-order chi connectivity index (χ1) is 8.39. The number of aliphatic hydroxyl groups is 1. The molecular formula is C16H25NO. The van der Waals surface area contributed by atoms with Gasteiger partial charge in [0, 0.05) is 0 Å². The zero-order chi connectivity index (χ0) is 13.3. The minimum Gasteiger partial charge on any atom is -0.391 e. The van der Waals surface area contributed by atoms with Crippen LogP contribution in [0.3, 0.4) is 0 Å². The number of rotatable bonds is 3. The van der Waals surface area contributed by atoms with E-state index in [4.69, 9.17) is 5.73 Å². The van der Waals surface area contributed by atoms with Crippen LogP contribution in [0.2, 0.25) is 0 Å². The topological polar surface area (TPSA) is 46.2 Å². The van der Waals surface area contributed by atoms with Crippen molar-refractivity contribution in [3.8, 4) is 0 Å². The fraction of sp³-hybridized carbons (Fsp3) is 0.625. The van der Waals surface area contributed by atoms with E-state index in [0.717, 1.165) is 18.4 Å². The van der Waals surface area contributed by atoms with E-state index in [1.165, 1.54) is 12.0 Å². The quantitative estimate of drug-likeness (QED) is 0.862. The third-order valence-electron chi connectivity index (χ3n) is 4.16. The SMILES string of the molecule is CC(C)(C)c1ccc([C@H](N)[C@H](O)C2CCC2)cc1. The van der Waals surface area contributed by atoms with E-state index < -0.39 is 0 Å². The van der Waals surface area contributed by atoms with Gasteiger partial charge in [-0.25, -0.2) is 0 Å². The summed E-state index contributed by atoms with van der Waals surface area (Å²) in [6, 6.07) is 8.13. The molecule has 0 unspecified atom stereocenters. The van der Waals surface area contributed by atoms with Gasteiger partial charge in [0.05, 0.1) is 12.1 Å². The monoisotopic (exact) mass is 247 g/mol. The Hall–Kier alpha value is -0.860. The molecule has 2 rings (SSSR count). The molecule has 1 aliphatic carbocycles. The highest BCUT2D eigenvalue weighted by atomic mass is 16.3. The van der Waals surface area contributed by atoms with Crippen LogP contribution in [0.1, 0.15) is 57.2 Å². The smallest absolute Gasteiger partial charge is 0.0760 e. The van der Waals surface area contributed by atoms with Gasteiger partial charge in [0.15, 0.2) is 0 Å². The highest BCUT2D eigenvalue weighted by Gasteiger charge is 2.30. The largest absolute Gasteiger partial charge is 0.391 e. The first-order valence-corrected chi connectivity index (χ1v) is 6.93. The molecule has 0 heterocycles. The highest BCUT2D eigenvalue weighted by Crippen LogP contribution is 2.34. The Morgan fingerprint density at radius 3 is 2.11 bits per heavy atom. The summed E-state index contributed by atoms with van der Waals surface area (Å²) in [5.74, 6) is 0.405. The molecule has 18 heavy (non-hydrogen) atoms. The summed E-state index contributed by atoms with van der Waals surface area (Å²) in [4.78, 5) is 0. The zero-order valence-corrected chi connectivity index (χ0v) is 11.7. The number of hydrogen-bond acceptors (Lipinski definition) is 2. The molecule has 1 aliphatic rings. The van der Waals surface area contributed by atoms with E-state index in [0.29, 0.717) is 5.92 Å². The first-order valence-electron chi connectivity index (χ1n) is 6.93. The molecule has 1 fully saturated rings. The zero-order valence-electron chi connectivity index (χ0n) is 11.7. The molecule has 1 saturated carbocycles. The Bertz CT molecular complexity index is 387. The van der Waals surface area contributed by atoms with Crippen LogP contribution in [0.15, 0.2) is 24.3 Å². The van der Waals surface area contributed by atoms with Crippen LogP contribution in [0.4, 0.5) is 0 Å². The number of hydrogen-bond donors (Lipinski definition) is 2. The summed E-state index contributed by atoms with van der Waals surface area (Å²) < 4.78 is 0. The molecule has 2 atom stereocenters. The van der Waals surface area contributed by atoms with E-state index in [2.05, 4.69) is 45.0 Å². The average molecular weight is 247 g/mol. The standard InChI is InChI=1S/C16H25NO/c1-16(2,3)13-9-7-11(8-10-13)14(17)15(18)12-5-4-6-12/h7-10,12,14-15,18H,4-6,17H2,1-3H3/t14-,15+/m0/s1. The van der Waals surface area contributed by atoms with Crippen LogP contribution in [0, 0.1) is 5.92 Å². The normalized spacial score (nSPS) is 20.3. The first kappa shape index (κ1) is 13.6. The van der Waals surface area contributed by atoms with Crippen LogP contribution >= 0.6 is 0 Å². The van der Waals surface area contributed by atoms with Gasteiger partial charge < -0.3 is 10.8 Å². The lowest BCUT2D eigenvalue weighted by molar-refractivity contribution is 0.0413. The van der Waals surface area contributed by atoms with Crippen molar-refractivity contribution in [1.29, 1.82) is 0 Å². The number of nitrogens with two attached hydrogens (primary N) is 1. The van der Waals surface area contributed by atoms with Gasteiger partial charge in [0.25, 0.3) is 0 Å². The Kier molecular flexibility index (Phi) is 3.79. The van der Waals surface area contributed by atoms with Crippen LogP contribution in [0.5, 0.6) is 0 Å². The van der Waals surface area contributed by atoms with E-state index in [1.807, 2.05) is 0 Å². The van der Waals surface area contributed by atoms with Crippen molar-refractivity contribution in [2.45, 2.75) is 57.6 Å². The van der Waals surface area contributed by atoms with Crippen LogP contribution in [0.25, 0.3) is 0 Å². The Morgan fingerprint density at radius 1 is 1.17 bits per heavy atom. The predicted molar refractivity (Wildman–Crippen MR) is 75.4 cm³/mol. The lowest BCUT2D eigenvalue weighted by atomic mass is 9.77. The highest BCUT2D eigenvalue weighted by molar-refractivity contribution is 5.29. The molecule has 3 N–H and O–H groups in total. The second-order valence-electron chi connectivity index (χ2n) is 6.58. The molecule has 1 aromatic rings. The van der Waals surface area contributed by atoms with Gasteiger partial charge in [-0.1, -0.05) is 51.5 Å². The molecule has 0 aliphatic heterocycles. The van der Waals surface area contributed by atoms with Crippen molar-refractivity contribution in [3.63, 3.8) is 0 Å². The van der Waals surface area contributed by atoms with Gasteiger partial charge >= 0.3 is 0 Å². The van der Waals surface area contributed by atoms with E-state index in [-0.39, 0.29) is 17.6 Å². The predicted octanol–water partition coefficient (Wildman–Crippen LogP) is 3.14. The summed E-state index contributed by atoms with van der Waals surface area (Å²) in [6.45, 7) is 6.60. The maximum absolute atomic E-state index is 10.2. The third kappa shape index (κ3) is 2.76. The summed E-state index contributed by atoms with van der Waals surface area (Å²) in [7, 11) is 0. The van der Waals surface area contributed by atoms with Gasteiger partial charge in [-0.3, -0.25) is 0 Å². The molecule has 0 aromatic heterocycles. The van der Waals surface area contributed by atoms with Crippen molar-refractivity contribution in [3.05, 3.63) is 35.4 Å². The fourth-order valence-corrected chi connectivity index (χ4v) is 2.48. The number of aliphatic hydroxyl groups excluding tert-OH is 1. The van der Waals surface area contributed by atoms with E-state index in [9.17, 15) is 5.11 Å². The lowest BCUT2D eigenvalue weighted by Gasteiger charge is -2.34. The molecule has 0 radical (unpaired) electrons. The van der Waals surface area contributed by atoms with Gasteiger partial charge in [-0.15, -0.1) is 0 Å². The average Bonchev–Trinajstić information content (AvgIpc) is 2.24. The number of benzene rings is 1. The Morgan fingerprint density at radius 2 is 1.72 bits per heavy atom. The van der Waals surface area contributed by atoms with Crippen molar-refractivity contribution in [1.82, 2.24) is 0 Å². The van der Waals surface area contributed by atoms with E-state index in [1.54, 1.807) is 0 Å². The second-order valence-corrected chi connectivity index (χ2v) is 6.58. The molecule has 2 heteroatoms. The molecule has 0 amide bonds. The minimum absolute atomic E-state index is 0.162.